The monoisotopic (exact) mass is 585 g/mol. The molecule has 8 rings (SSSR count). The summed E-state index contributed by atoms with van der Waals surface area (Å²) in [5.41, 5.74) is 5.44. The molecule has 7 atom stereocenters. The Balaban J connectivity index is 1.19. The molecule has 0 amide bonds. The maximum absolute atomic E-state index is 12.9. The molecule has 44 heavy (non-hydrogen) atoms. The van der Waals surface area contributed by atoms with Crippen molar-refractivity contribution < 1.29 is 15.0 Å². The van der Waals surface area contributed by atoms with Gasteiger partial charge in [0.1, 0.15) is 0 Å². The van der Waals surface area contributed by atoms with Crippen molar-refractivity contribution >= 4 is 22.6 Å². The highest BCUT2D eigenvalue weighted by Gasteiger charge is 2.64. The molecule has 1 heterocycles. The minimum atomic E-state index is -0.853. The Morgan fingerprint density at radius 3 is 2.73 bits per heavy atom. The smallest absolute Gasteiger partial charge is 0.155 e. The van der Waals surface area contributed by atoms with Gasteiger partial charge in [0.15, 0.2) is 5.78 Å². The molecule has 1 aromatic heterocycles. The molecule has 3 saturated carbocycles. The van der Waals surface area contributed by atoms with E-state index in [1.807, 2.05) is 30.6 Å². The fourth-order valence-corrected chi connectivity index (χ4v) is 10.9. The number of nitrogens with zero attached hydrogens (tertiary/aromatic N) is 1. The molecule has 0 bridgehead atoms. The molecule has 5 aliphatic carbocycles. The number of hydrogen-bond acceptors (Lipinski definition) is 4. The molecule has 0 aliphatic heterocycles. The van der Waals surface area contributed by atoms with E-state index in [0.29, 0.717) is 30.0 Å². The lowest BCUT2D eigenvalue weighted by Gasteiger charge is -2.60. The van der Waals surface area contributed by atoms with Gasteiger partial charge < -0.3 is 10.2 Å². The highest BCUT2D eigenvalue weighted by atomic mass is 16.3. The summed E-state index contributed by atoms with van der Waals surface area (Å²) in [5, 5.41) is 24.0. The molecule has 226 valence electrons. The fourth-order valence-electron chi connectivity index (χ4n) is 10.9. The molecule has 1 unspecified atom stereocenters. The van der Waals surface area contributed by atoms with Gasteiger partial charge >= 0.3 is 0 Å². The molecule has 0 radical (unpaired) electrons. The highest BCUT2D eigenvalue weighted by molar-refractivity contribution is 6.01. The summed E-state index contributed by atoms with van der Waals surface area (Å²) in [6.07, 6.45) is 22.9. The number of ketones is 1. The Morgan fingerprint density at radius 1 is 1.00 bits per heavy atom. The fraction of sp³-hybridized carbons (Fsp3) is 0.450. The molecule has 2 N–H and O–H groups in total. The van der Waals surface area contributed by atoms with E-state index in [-0.39, 0.29) is 23.4 Å². The predicted molar refractivity (Wildman–Crippen MR) is 176 cm³/mol. The van der Waals surface area contributed by atoms with Crippen LogP contribution in [0.25, 0.3) is 28.0 Å². The molecule has 4 nitrogen and oxygen atoms in total. The van der Waals surface area contributed by atoms with Crippen LogP contribution in [0.3, 0.4) is 0 Å². The topological polar surface area (TPSA) is 70.4 Å². The van der Waals surface area contributed by atoms with E-state index in [4.69, 9.17) is 0 Å². The van der Waals surface area contributed by atoms with Gasteiger partial charge in [-0.3, -0.25) is 9.78 Å². The van der Waals surface area contributed by atoms with E-state index in [9.17, 15) is 15.0 Å². The van der Waals surface area contributed by atoms with Crippen molar-refractivity contribution in [2.24, 2.45) is 28.6 Å². The average molecular weight is 586 g/mol. The first-order valence-electron chi connectivity index (χ1n) is 16.8. The van der Waals surface area contributed by atoms with Gasteiger partial charge in [0.25, 0.3) is 0 Å². The second-order valence-electron chi connectivity index (χ2n) is 14.6. The molecular weight excluding hydrogens is 542 g/mol. The molecule has 3 fully saturated rings. The normalized spacial score (nSPS) is 35.8. The van der Waals surface area contributed by atoms with E-state index in [2.05, 4.69) is 60.5 Å². The number of hydrogen-bond donors (Lipinski definition) is 2. The molecule has 5 aliphatic rings. The van der Waals surface area contributed by atoms with Gasteiger partial charge in [-0.15, -0.1) is 0 Å². The Hall–Kier alpha value is -3.34. The molecule has 4 heteroatoms. The summed E-state index contributed by atoms with van der Waals surface area (Å²) in [7, 11) is 0. The van der Waals surface area contributed by atoms with Crippen molar-refractivity contribution in [1.82, 2.24) is 4.98 Å². The second kappa shape index (κ2) is 10.4. The minimum Gasteiger partial charge on any atom is -0.392 e. The van der Waals surface area contributed by atoms with Gasteiger partial charge in [0.2, 0.25) is 0 Å². The number of rotatable bonds is 5. The van der Waals surface area contributed by atoms with Gasteiger partial charge in [0.05, 0.1) is 12.2 Å². The Labute approximate surface area is 260 Å². The summed E-state index contributed by atoms with van der Waals surface area (Å²) in [5.74, 6) is 2.11. The van der Waals surface area contributed by atoms with E-state index in [0.717, 1.165) is 56.9 Å². The number of aliphatic hydroxyl groups excluding tert-OH is 1. The number of benzene rings is 2. The maximum atomic E-state index is 12.9. The number of allylic oxidation sites excluding steroid dienone is 2. The molecule has 0 saturated heterocycles. The van der Waals surface area contributed by atoms with Crippen LogP contribution in [0.1, 0.15) is 81.8 Å². The number of aliphatic hydroxyl groups is 2. The Morgan fingerprint density at radius 2 is 1.89 bits per heavy atom. The summed E-state index contributed by atoms with van der Waals surface area (Å²) < 4.78 is 0. The number of aromatic nitrogens is 1. The van der Waals surface area contributed by atoms with Crippen molar-refractivity contribution in [1.29, 1.82) is 0 Å². The molecule has 3 aromatic rings. The van der Waals surface area contributed by atoms with Gasteiger partial charge in [-0.25, -0.2) is 0 Å². The summed E-state index contributed by atoms with van der Waals surface area (Å²) in [4.78, 5) is 17.3. The molecular formula is C40H43NO3. The van der Waals surface area contributed by atoms with E-state index in [1.54, 1.807) is 6.08 Å². The lowest BCUT2D eigenvalue weighted by molar-refractivity contribution is -0.121. The standard InChI is InChI=1S/C40H43NO3/c1-38-18-15-36-34(35(38)16-20-40(38,44)17-4-22-42)13-10-29-23-30(43)14-19-39(29,36)24-27-9-12-33-31(28-6-3-21-41-25-28)11-8-26-5-2-7-32(27)37(26)33/h2-9,11-12,17,21,23,25,27,34-36,42,44H,10,13-16,18-20,22,24H2,1H3/t27?,34-,35-,36-,38-,39+,40+/m0/s1. The quantitative estimate of drug-likeness (QED) is 0.296. The van der Waals surface area contributed by atoms with Gasteiger partial charge in [-0.2, -0.15) is 0 Å². The van der Waals surface area contributed by atoms with E-state index < -0.39 is 5.60 Å². The third-order valence-electron chi connectivity index (χ3n) is 13.0. The van der Waals surface area contributed by atoms with Crippen LogP contribution in [0.5, 0.6) is 0 Å². The average Bonchev–Trinajstić information content (AvgIpc) is 3.32. The summed E-state index contributed by atoms with van der Waals surface area (Å²) in [6, 6.07) is 15.4. The third kappa shape index (κ3) is 4.03. The van der Waals surface area contributed by atoms with Gasteiger partial charge in [-0.1, -0.05) is 73.2 Å². The molecule has 0 spiro atoms. The largest absolute Gasteiger partial charge is 0.392 e. The van der Waals surface area contributed by atoms with Gasteiger partial charge in [0, 0.05) is 35.7 Å². The number of carbonyl (C=O) groups is 1. The first-order chi connectivity index (χ1) is 21.4. The van der Waals surface area contributed by atoms with Crippen molar-refractivity contribution in [3.05, 3.63) is 95.9 Å². The van der Waals surface area contributed by atoms with Crippen molar-refractivity contribution in [3.63, 3.8) is 0 Å². The van der Waals surface area contributed by atoms with Crippen molar-refractivity contribution in [2.75, 3.05) is 6.61 Å². The first kappa shape index (κ1) is 28.2. The second-order valence-corrected chi connectivity index (χ2v) is 14.6. The van der Waals surface area contributed by atoms with Crippen LogP contribution in [0.4, 0.5) is 0 Å². The van der Waals surface area contributed by atoms with Crippen LogP contribution >= 0.6 is 0 Å². The Bertz CT molecular complexity index is 1720. The predicted octanol–water partition coefficient (Wildman–Crippen LogP) is 8.19. The lowest BCUT2D eigenvalue weighted by Crippen LogP contribution is -2.55. The number of pyridine rings is 1. The van der Waals surface area contributed by atoms with Crippen LogP contribution in [0.2, 0.25) is 0 Å². The summed E-state index contributed by atoms with van der Waals surface area (Å²) in [6.45, 7) is 2.28. The minimum absolute atomic E-state index is 0.00936. The van der Waals surface area contributed by atoms with E-state index in [1.165, 1.54) is 33.0 Å². The summed E-state index contributed by atoms with van der Waals surface area (Å²) >= 11 is 0. The third-order valence-corrected chi connectivity index (χ3v) is 13.0. The zero-order valence-corrected chi connectivity index (χ0v) is 25.7. The number of carbonyl (C=O) groups excluding carboxylic acids is 1. The maximum Gasteiger partial charge on any atom is 0.155 e. The first-order valence-corrected chi connectivity index (χ1v) is 16.8. The van der Waals surface area contributed by atoms with Crippen LogP contribution in [-0.4, -0.2) is 33.2 Å². The Kier molecular flexibility index (Phi) is 6.63. The van der Waals surface area contributed by atoms with Crippen molar-refractivity contribution in [3.8, 4) is 11.1 Å². The van der Waals surface area contributed by atoms with Crippen molar-refractivity contribution in [2.45, 2.75) is 76.2 Å². The van der Waals surface area contributed by atoms with Gasteiger partial charge in [-0.05, 0) is 114 Å². The lowest BCUT2D eigenvalue weighted by atomic mass is 9.44. The SMILES string of the molecule is C[C@]12CC[C@H]3[C@@H](CCC4=CC(=O)CC[C@@]43CC3C=Cc4c(-c5cccnc5)ccc5cccc3c45)[C@@H]1CC[C@]2(O)C=CCO. The van der Waals surface area contributed by atoms with Crippen LogP contribution in [0.15, 0.2) is 84.7 Å². The zero-order valence-electron chi connectivity index (χ0n) is 25.7. The van der Waals surface area contributed by atoms with Crippen LogP contribution in [-0.2, 0) is 4.79 Å². The zero-order chi connectivity index (χ0) is 30.1. The van der Waals surface area contributed by atoms with E-state index >= 15 is 0 Å². The van der Waals surface area contributed by atoms with Crippen LogP contribution in [0, 0.1) is 28.6 Å². The molecule has 2 aromatic carbocycles. The highest BCUT2D eigenvalue weighted by Crippen LogP contribution is 2.69. The van der Waals surface area contributed by atoms with Crippen LogP contribution < -0.4 is 0 Å². The number of fused-ring (bicyclic) bond motifs is 5.